The van der Waals surface area contributed by atoms with Crippen LogP contribution in [0.1, 0.15) is 0 Å². The van der Waals surface area contributed by atoms with E-state index in [1.165, 1.54) is 18.5 Å². The van der Waals surface area contributed by atoms with Gasteiger partial charge >= 0.3 is 5.69 Å². The lowest BCUT2D eigenvalue weighted by Gasteiger charge is -2.05. The normalized spacial score (nSPS) is 10.1. The van der Waals surface area contributed by atoms with Crippen LogP contribution in [-0.2, 0) is 0 Å². The fourth-order valence-electron chi connectivity index (χ4n) is 1.24. The van der Waals surface area contributed by atoms with Gasteiger partial charge in [0.1, 0.15) is 5.82 Å². The Balaban J connectivity index is 2.34. The molecule has 18 heavy (non-hydrogen) atoms. The van der Waals surface area contributed by atoms with Gasteiger partial charge in [-0.25, -0.2) is 9.97 Å². The quantitative estimate of drug-likeness (QED) is 0.688. The van der Waals surface area contributed by atoms with Crippen LogP contribution < -0.4 is 5.32 Å². The molecule has 0 amide bonds. The monoisotopic (exact) mass is 328 g/mol. The van der Waals surface area contributed by atoms with Crippen molar-refractivity contribution in [1.82, 2.24) is 9.97 Å². The Morgan fingerprint density at radius 1 is 1.33 bits per heavy atom. The average Bonchev–Trinajstić information content (AvgIpc) is 2.34. The Bertz CT molecular complexity index is 591. The molecule has 0 aliphatic carbocycles. The van der Waals surface area contributed by atoms with Crippen molar-refractivity contribution in [3.8, 4) is 0 Å². The van der Waals surface area contributed by atoms with Crippen LogP contribution in [0, 0.1) is 10.1 Å². The summed E-state index contributed by atoms with van der Waals surface area (Å²) in [6.45, 7) is 0. The Morgan fingerprint density at radius 2 is 2.11 bits per heavy atom. The Labute approximate surface area is 115 Å². The summed E-state index contributed by atoms with van der Waals surface area (Å²) in [7, 11) is 0. The summed E-state index contributed by atoms with van der Waals surface area (Å²) in [5.74, 6) is 0.551. The molecule has 0 aliphatic heterocycles. The summed E-state index contributed by atoms with van der Waals surface area (Å²) >= 11 is 8.83. The zero-order chi connectivity index (χ0) is 13.1. The topological polar surface area (TPSA) is 81.0 Å². The van der Waals surface area contributed by atoms with Gasteiger partial charge in [-0.05, 0) is 28.1 Å². The largest absolute Gasteiger partial charge is 0.319 e. The smallest absolute Gasteiger partial charge is 0.312 e. The van der Waals surface area contributed by atoms with E-state index in [2.05, 4.69) is 31.2 Å². The van der Waals surface area contributed by atoms with E-state index in [1.54, 1.807) is 12.1 Å². The van der Waals surface area contributed by atoms with Crippen LogP contribution in [0.4, 0.5) is 17.3 Å². The highest BCUT2D eigenvalue weighted by Crippen LogP contribution is 2.27. The highest BCUT2D eigenvalue weighted by atomic mass is 79.9. The third-order valence-electron chi connectivity index (χ3n) is 2.00. The lowest BCUT2D eigenvalue weighted by molar-refractivity contribution is -0.384. The first-order valence-corrected chi connectivity index (χ1v) is 5.92. The number of nitrogens with one attached hydrogen (secondary N) is 1. The molecule has 2 aromatic rings. The van der Waals surface area contributed by atoms with Gasteiger partial charge in [0, 0.05) is 22.9 Å². The van der Waals surface area contributed by atoms with Crippen LogP contribution in [0.2, 0.25) is 5.02 Å². The molecule has 0 bridgehead atoms. The molecule has 0 radical (unpaired) electrons. The molecule has 2 heterocycles. The first-order valence-electron chi connectivity index (χ1n) is 4.75. The number of aromatic nitrogens is 2. The SMILES string of the molecule is O=[N+]([O-])c1cc(Br)cnc1Nc1ccc(Cl)cn1. The third-order valence-corrected chi connectivity index (χ3v) is 2.66. The molecule has 92 valence electrons. The van der Waals surface area contributed by atoms with Crippen molar-refractivity contribution in [1.29, 1.82) is 0 Å². The first kappa shape index (κ1) is 12.7. The first-order chi connectivity index (χ1) is 8.56. The van der Waals surface area contributed by atoms with Crippen LogP contribution >= 0.6 is 27.5 Å². The predicted molar refractivity (Wildman–Crippen MR) is 71.1 cm³/mol. The highest BCUT2D eigenvalue weighted by molar-refractivity contribution is 9.10. The molecule has 0 spiro atoms. The van der Waals surface area contributed by atoms with Gasteiger partial charge in [-0.15, -0.1) is 0 Å². The zero-order valence-electron chi connectivity index (χ0n) is 8.80. The van der Waals surface area contributed by atoms with Crippen molar-refractivity contribution in [3.63, 3.8) is 0 Å². The van der Waals surface area contributed by atoms with E-state index in [4.69, 9.17) is 11.6 Å². The lowest BCUT2D eigenvalue weighted by Crippen LogP contribution is -2.00. The van der Waals surface area contributed by atoms with Gasteiger partial charge in [-0.3, -0.25) is 10.1 Å². The maximum absolute atomic E-state index is 10.9. The summed E-state index contributed by atoms with van der Waals surface area (Å²) in [4.78, 5) is 18.3. The number of pyridine rings is 2. The van der Waals surface area contributed by atoms with Crippen molar-refractivity contribution in [2.75, 3.05) is 5.32 Å². The maximum atomic E-state index is 10.9. The molecule has 0 atom stereocenters. The van der Waals surface area contributed by atoms with Crippen LogP contribution in [-0.4, -0.2) is 14.9 Å². The molecular formula is C10H6BrClN4O2. The van der Waals surface area contributed by atoms with Crippen molar-refractivity contribution >= 4 is 44.9 Å². The second-order valence-corrected chi connectivity index (χ2v) is 4.62. The zero-order valence-corrected chi connectivity index (χ0v) is 11.1. The van der Waals surface area contributed by atoms with Crippen molar-refractivity contribution in [2.24, 2.45) is 0 Å². The minimum atomic E-state index is -0.518. The summed E-state index contributed by atoms with van der Waals surface area (Å²) in [5.41, 5.74) is -0.138. The molecule has 0 aliphatic rings. The van der Waals surface area contributed by atoms with Gasteiger partial charge in [-0.2, -0.15) is 0 Å². The van der Waals surface area contributed by atoms with E-state index in [1.807, 2.05) is 0 Å². The van der Waals surface area contributed by atoms with Crippen LogP contribution in [0.25, 0.3) is 0 Å². The molecule has 0 saturated heterocycles. The van der Waals surface area contributed by atoms with E-state index in [0.29, 0.717) is 15.3 Å². The number of nitrogens with zero attached hydrogens (tertiary/aromatic N) is 3. The molecule has 2 rings (SSSR count). The fraction of sp³-hybridized carbons (Fsp3) is 0. The average molecular weight is 330 g/mol. The molecule has 0 fully saturated rings. The summed E-state index contributed by atoms with van der Waals surface area (Å²) in [6, 6.07) is 4.60. The molecular weight excluding hydrogens is 323 g/mol. The summed E-state index contributed by atoms with van der Waals surface area (Å²) in [6.07, 6.45) is 2.90. The van der Waals surface area contributed by atoms with Crippen molar-refractivity contribution < 1.29 is 4.92 Å². The van der Waals surface area contributed by atoms with Gasteiger partial charge < -0.3 is 5.32 Å². The predicted octanol–water partition coefficient (Wildman–Crippen LogP) is 3.54. The van der Waals surface area contributed by atoms with Crippen LogP contribution in [0.3, 0.4) is 0 Å². The number of rotatable bonds is 3. The number of anilines is 2. The molecule has 6 nitrogen and oxygen atoms in total. The van der Waals surface area contributed by atoms with E-state index >= 15 is 0 Å². The molecule has 2 aromatic heterocycles. The number of halogens is 2. The van der Waals surface area contributed by atoms with Gasteiger partial charge in [0.05, 0.1) is 9.95 Å². The number of hydrogen-bond donors (Lipinski definition) is 1. The Morgan fingerprint density at radius 3 is 2.72 bits per heavy atom. The molecule has 8 heteroatoms. The maximum Gasteiger partial charge on any atom is 0.312 e. The van der Waals surface area contributed by atoms with E-state index in [9.17, 15) is 10.1 Å². The van der Waals surface area contributed by atoms with Gasteiger partial charge in [0.2, 0.25) is 5.82 Å². The molecule has 0 aromatic carbocycles. The van der Waals surface area contributed by atoms with E-state index in [-0.39, 0.29) is 11.5 Å². The minimum absolute atomic E-state index is 0.123. The second kappa shape index (κ2) is 5.28. The van der Waals surface area contributed by atoms with Crippen molar-refractivity contribution in [2.45, 2.75) is 0 Å². The van der Waals surface area contributed by atoms with Crippen LogP contribution in [0.5, 0.6) is 0 Å². The minimum Gasteiger partial charge on any atom is -0.319 e. The van der Waals surface area contributed by atoms with Gasteiger partial charge in [0.15, 0.2) is 0 Å². The number of nitro groups is 1. The van der Waals surface area contributed by atoms with E-state index < -0.39 is 4.92 Å². The standard InChI is InChI=1S/C10H6BrClN4O2/c11-6-3-8(16(17)18)10(14-4-6)15-9-2-1-7(12)5-13-9/h1-5H,(H,13,14,15). The fourth-order valence-corrected chi connectivity index (χ4v) is 1.67. The van der Waals surface area contributed by atoms with Crippen molar-refractivity contribution in [3.05, 3.63) is 50.2 Å². The van der Waals surface area contributed by atoms with Gasteiger partial charge in [0.25, 0.3) is 0 Å². The third kappa shape index (κ3) is 2.93. The molecule has 0 unspecified atom stereocenters. The Hall–Kier alpha value is -1.73. The Kier molecular flexibility index (Phi) is 3.73. The van der Waals surface area contributed by atoms with Gasteiger partial charge in [-0.1, -0.05) is 11.6 Å². The molecule has 1 N–H and O–H groups in total. The summed E-state index contributed by atoms with van der Waals surface area (Å²) < 4.78 is 0.531. The van der Waals surface area contributed by atoms with Crippen LogP contribution in [0.15, 0.2) is 35.1 Å². The lowest BCUT2D eigenvalue weighted by atomic mass is 10.4. The molecule has 0 saturated carbocycles. The van der Waals surface area contributed by atoms with E-state index in [0.717, 1.165) is 0 Å². The second-order valence-electron chi connectivity index (χ2n) is 3.27. The summed E-state index contributed by atoms with van der Waals surface area (Å²) in [5, 5.41) is 14.1. The number of hydrogen-bond acceptors (Lipinski definition) is 5. The highest BCUT2D eigenvalue weighted by Gasteiger charge is 2.16.